The molecule has 0 saturated heterocycles. The normalized spacial score (nSPS) is 42.1. The SMILES string of the molecule is C=C1/C(=C\C=C2CCC[C@]3(C)C([C@H](C)/C=C/[C@@H](O)C4CC4)CC[C@@H]23)C[C@@H](O)C[C@@H]1O. The van der Waals surface area contributed by atoms with Crippen LogP contribution >= 0.6 is 0 Å². The van der Waals surface area contributed by atoms with E-state index in [2.05, 4.69) is 44.7 Å². The zero-order chi connectivity index (χ0) is 21.5. The van der Waals surface area contributed by atoms with Gasteiger partial charge in [0.05, 0.1) is 18.3 Å². The second-order valence-corrected chi connectivity index (χ2v) is 10.7. The van der Waals surface area contributed by atoms with E-state index in [1.807, 2.05) is 0 Å². The Morgan fingerprint density at radius 3 is 2.60 bits per heavy atom. The maximum Gasteiger partial charge on any atom is 0.0811 e. The summed E-state index contributed by atoms with van der Waals surface area (Å²) >= 11 is 0. The Morgan fingerprint density at radius 2 is 1.87 bits per heavy atom. The maximum atomic E-state index is 10.2. The zero-order valence-electron chi connectivity index (χ0n) is 18.8. The molecule has 0 bridgehead atoms. The second kappa shape index (κ2) is 8.76. The highest BCUT2D eigenvalue weighted by Gasteiger charge is 2.50. The number of hydrogen-bond acceptors (Lipinski definition) is 3. The number of aliphatic hydroxyl groups excluding tert-OH is 3. The summed E-state index contributed by atoms with van der Waals surface area (Å²) in [5, 5.41) is 30.4. The van der Waals surface area contributed by atoms with E-state index in [1.165, 1.54) is 44.1 Å². The van der Waals surface area contributed by atoms with E-state index in [1.54, 1.807) is 0 Å². The number of fused-ring (bicyclic) bond motifs is 1. The van der Waals surface area contributed by atoms with Crippen molar-refractivity contribution in [2.75, 3.05) is 0 Å². The molecule has 0 spiro atoms. The van der Waals surface area contributed by atoms with Crippen molar-refractivity contribution in [3.05, 3.63) is 47.6 Å². The molecule has 30 heavy (non-hydrogen) atoms. The molecule has 0 radical (unpaired) electrons. The smallest absolute Gasteiger partial charge is 0.0811 e. The third-order valence-electron chi connectivity index (χ3n) is 8.65. The summed E-state index contributed by atoms with van der Waals surface area (Å²) in [6, 6.07) is 0. The van der Waals surface area contributed by atoms with Crippen molar-refractivity contribution >= 4 is 0 Å². The monoisotopic (exact) mass is 412 g/mol. The van der Waals surface area contributed by atoms with Crippen molar-refractivity contribution in [2.24, 2.45) is 29.1 Å². The first-order valence-electron chi connectivity index (χ1n) is 12.1. The van der Waals surface area contributed by atoms with Gasteiger partial charge in [0.25, 0.3) is 0 Å². The molecule has 0 heterocycles. The Morgan fingerprint density at radius 1 is 1.10 bits per heavy atom. The van der Waals surface area contributed by atoms with Crippen LogP contribution in [0.1, 0.15) is 71.6 Å². The highest BCUT2D eigenvalue weighted by Crippen LogP contribution is 2.59. The molecule has 4 aliphatic rings. The Balaban J connectivity index is 1.48. The van der Waals surface area contributed by atoms with E-state index in [-0.39, 0.29) is 6.10 Å². The molecule has 166 valence electrons. The van der Waals surface area contributed by atoms with Gasteiger partial charge in [-0.1, -0.05) is 50.3 Å². The third-order valence-corrected chi connectivity index (χ3v) is 8.65. The Kier molecular flexibility index (Phi) is 6.44. The molecule has 4 fully saturated rings. The molecule has 0 aromatic rings. The van der Waals surface area contributed by atoms with Crippen LogP contribution in [0.25, 0.3) is 0 Å². The first-order chi connectivity index (χ1) is 14.3. The fraction of sp³-hybridized carbons (Fsp3) is 0.704. The number of hydrogen-bond donors (Lipinski definition) is 3. The molecular formula is C27H40O3. The molecule has 0 aromatic heterocycles. The minimum absolute atomic E-state index is 0.250. The molecule has 4 saturated carbocycles. The van der Waals surface area contributed by atoms with Gasteiger partial charge in [-0.05, 0) is 91.6 Å². The van der Waals surface area contributed by atoms with Gasteiger partial charge in [-0.15, -0.1) is 0 Å². The minimum Gasteiger partial charge on any atom is -0.393 e. The molecule has 3 nitrogen and oxygen atoms in total. The number of aliphatic hydroxyl groups is 3. The van der Waals surface area contributed by atoms with Gasteiger partial charge in [-0.2, -0.15) is 0 Å². The molecule has 3 heteroatoms. The third kappa shape index (κ3) is 4.40. The average molecular weight is 413 g/mol. The van der Waals surface area contributed by atoms with Crippen molar-refractivity contribution < 1.29 is 15.3 Å². The maximum absolute atomic E-state index is 10.2. The van der Waals surface area contributed by atoms with Crippen LogP contribution in [0.3, 0.4) is 0 Å². The Bertz CT molecular complexity index is 743. The van der Waals surface area contributed by atoms with E-state index in [0.717, 1.165) is 17.6 Å². The lowest BCUT2D eigenvalue weighted by Gasteiger charge is -2.44. The summed E-state index contributed by atoms with van der Waals surface area (Å²) in [6.45, 7) is 8.88. The van der Waals surface area contributed by atoms with Crippen LogP contribution in [0.5, 0.6) is 0 Å². The van der Waals surface area contributed by atoms with E-state index < -0.39 is 12.2 Å². The topological polar surface area (TPSA) is 60.7 Å². The van der Waals surface area contributed by atoms with Crippen LogP contribution in [0.2, 0.25) is 0 Å². The minimum atomic E-state index is -0.621. The Hall–Kier alpha value is -1.16. The van der Waals surface area contributed by atoms with Gasteiger partial charge in [-0.3, -0.25) is 0 Å². The van der Waals surface area contributed by atoms with Gasteiger partial charge >= 0.3 is 0 Å². The molecule has 4 rings (SSSR count). The summed E-state index contributed by atoms with van der Waals surface area (Å²) in [7, 11) is 0. The van der Waals surface area contributed by atoms with Crippen molar-refractivity contribution in [2.45, 2.75) is 89.9 Å². The molecule has 4 aliphatic carbocycles. The fourth-order valence-corrected chi connectivity index (χ4v) is 6.63. The number of rotatable bonds is 5. The van der Waals surface area contributed by atoms with Gasteiger partial charge in [0.1, 0.15) is 0 Å². The number of allylic oxidation sites excluding steroid dienone is 4. The first kappa shape index (κ1) is 22.0. The van der Waals surface area contributed by atoms with Crippen molar-refractivity contribution in [1.82, 2.24) is 0 Å². The van der Waals surface area contributed by atoms with Gasteiger partial charge in [0, 0.05) is 6.42 Å². The van der Waals surface area contributed by atoms with Gasteiger partial charge < -0.3 is 15.3 Å². The fourth-order valence-electron chi connectivity index (χ4n) is 6.63. The second-order valence-electron chi connectivity index (χ2n) is 10.7. The van der Waals surface area contributed by atoms with E-state index >= 15 is 0 Å². The van der Waals surface area contributed by atoms with E-state index in [4.69, 9.17) is 0 Å². The lowest BCUT2D eigenvalue weighted by molar-refractivity contribution is 0.0862. The molecule has 3 N–H and O–H groups in total. The van der Waals surface area contributed by atoms with Gasteiger partial charge in [0.2, 0.25) is 0 Å². The predicted octanol–water partition coefficient (Wildman–Crippen LogP) is 5.09. The molecule has 0 aliphatic heterocycles. The van der Waals surface area contributed by atoms with Gasteiger partial charge in [0.15, 0.2) is 0 Å². The van der Waals surface area contributed by atoms with Crippen molar-refractivity contribution in [3.8, 4) is 0 Å². The van der Waals surface area contributed by atoms with Crippen LogP contribution in [-0.4, -0.2) is 33.6 Å². The van der Waals surface area contributed by atoms with Crippen LogP contribution in [0, 0.1) is 29.1 Å². The predicted molar refractivity (Wildman–Crippen MR) is 122 cm³/mol. The standard InChI is InChI=1S/C27H40O3/c1-17(6-13-25(29)20-8-9-20)23-11-12-24-19(5-4-14-27(23,24)3)7-10-21-15-22(28)16-26(30)18(21)2/h6-7,10,13,17,20,22-26,28-30H,2,4-5,8-9,11-12,14-16H2,1,3H3/b13-6+,19-7?,21-10-/t17-,22-,23?,24+,25-,26+,27-/m1/s1. The molecule has 0 amide bonds. The zero-order valence-corrected chi connectivity index (χ0v) is 18.8. The van der Waals surface area contributed by atoms with Crippen molar-refractivity contribution in [1.29, 1.82) is 0 Å². The van der Waals surface area contributed by atoms with Crippen LogP contribution < -0.4 is 0 Å². The van der Waals surface area contributed by atoms with Gasteiger partial charge in [-0.25, -0.2) is 0 Å². The first-order valence-corrected chi connectivity index (χ1v) is 12.1. The molecule has 0 aromatic carbocycles. The molecule has 1 unspecified atom stereocenters. The summed E-state index contributed by atoms with van der Waals surface area (Å²) < 4.78 is 0. The van der Waals surface area contributed by atoms with E-state index in [0.29, 0.717) is 41.9 Å². The summed E-state index contributed by atoms with van der Waals surface area (Å²) in [6.07, 6.45) is 16.9. The van der Waals surface area contributed by atoms with E-state index in [9.17, 15) is 15.3 Å². The summed E-state index contributed by atoms with van der Waals surface area (Å²) in [5.41, 5.74) is 3.63. The highest BCUT2D eigenvalue weighted by atomic mass is 16.3. The highest BCUT2D eigenvalue weighted by molar-refractivity contribution is 5.38. The summed E-state index contributed by atoms with van der Waals surface area (Å²) in [4.78, 5) is 0. The van der Waals surface area contributed by atoms with Crippen LogP contribution in [0.15, 0.2) is 47.6 Å². The lowest BCUT2D eigenvalue weighted by atomic mass is 9.61. The summed E-state index contributed by atoms with van der Waals surface area (Å²) in [5.74, 6) is 2.28. The quantitative estimate of drug-likeness (QED) is 0.551. The van der Waals surface area contributed by atoms with Crippen LogP contribution in [0.4, 0.5) is 0 Å². The van der Waals surface area contributed by atoms with Crippen molar-refractivity contribution in [3.63, 3.8) is 0 Å². The molecule has 7 atom stereocenters. The van der Waals surface area contributed by atoms with Crippen LogP contribution in [-0.2, 0) is 0 Å². The average Bonchev–Trinajstić information content (AvgIpc) is 3.49. The lowest BCUT2D eigenvalue weighted by Crippen LogP contribution is -2.35. The largest absolute Gasteiger partial charge is 0.393 e. The Labute approximate surface area is 182 Å². The molecular weight excluding hydrogens is 372 g/mol.